The first kappa shape index (κ1) is 29.0. The number of alkyl halides is 1. The van der Waals surface area contributed by atoms with Crippen molar-refractivity contribution in [1.82, 2.24) is 0 Å². The van der Waals surface area contributed by atoms with E-state index in [1.54, 1.807) is 0 Å². The second-order valence-electron chi connectivity index (χ2n) is 9.01. The molecule has 4 heteroatoms. The zero-order chi connectivity index (χ0) is 24.2. The van der Waals surface area contributed by atoms with E-state index in [2.05, 4.69) is 27.0 Å². The molecule has 2 N–H and O–H groups in total. The van der Waals surface area contributed by atoms with Crippen molar-refractivity contribution in [2.45, 2.75) is 78.4 Å². The summed E-state index contributed by atoms with van der Waals surface area (Å²) in [5.41, 5.74) is 9.05. The third kappa shape index (κ3) is 13.9. The molecule has 0 heterocycles. The van der Waals surface area contributed by atoms with Crippen molar-refractivity contribution in [2.75, 3.05) is 6.61 Å². The monoisotopic (exact) mass is 447 g/mol. The van der Waals surface area contributed by atoms with Gasteiger partial charge in [0.2, 0.25) is 0 Å². The predicted octanol–water partition coefficient (Wildman–Crippen LogP) is 7.53. The van der Waals surface area contributed by atoms with Crippen LogP contribution in [0.15, 0.2) is 83.9 Å². The van der Waals surface area contributed by atoms with Crippen LogP contribution >= 0.6 is 11.6 Å². The number of hydrogen-bond acceptors (Lipinski definition) is 3. The van der Waals surface area contributed by atoms with Gasteiger partial charge in [-0.05, 0) is 84.8 Å². The Labute approximate surface area is 195 Å². The van der Waals surface area contributed by atoms with Crippen molar-refractivity contribution in [3.8, 4) is 0 Å². The van der Waals surface area contributed by atoms with E-state index < -0.39 is 5.60 Å². The van der Waals surface area contributed by atoms with Crippen LogP contribution in [-0.2, 0) is 9.47 Å². The summed E-state index contributed by atoms with van der Waals surface area (Å²) in [6.07, 6.45) is 14.2. The van der Waals surface area contributed by atoms with E-state index in [1.165, 1.54) is 0 Å². The fraction of sp³-hybridized carbons (Fsp3) is 0.481. The van der Waals surface area contributed by atoms with Crippen LogP contribution in [0.5, 0.6) is 0 Å². The maximum atomic E-state index is 6.31. The molecular weight excluding hydrogens is 406 g/mol. The van der Waals surface area contributed by atoms with Crippen LogP contribution in [0.2, 0.25) is 0 Å². The SMILES string of the molecule is C=C(C)COC(C)(C)CC(C)(C)OC(=C)\C=C/C(=C\C)C(/N)=C/C(/C=C\C(C)Cl)=C/C. The lowest BCUT2D eigenvalue weighted by atomic mass is 9.92. The highest BCUT2D eigenvalue weighted by Gasteiger charge is 2.31. The molecule has 1 unspecified atom stereocenters. The Morgan fingerprint density at radius 3 is 2.13 bits per heavy atom. The van der Waals surface area contributed by atoms with Crippen LogP contribution in [0, 0.1) is 0 Å². The summed E-state index contributed by atoms with van der Waals surface area (Å²) < 4.78 is 12.1. The molecule has 0 aliphatic heterocycles. The van der Waals surface area contributed by atoms with Crippen LogP contribution in [0.3, 0.4) is 0 Å². The lowest BCUT2D eigenvalue weighted by Crippen LogP contribution is -2.37. The highest BCUT2D eigenvalue weighted by molar-refractivity contribution is 6.21. The fourth-order valence-corrected chi connectivity index (χ4v) is 3.17. The maximum absolute atomic E-state index is 6.31. The fourth-order valence-electron chi connectivity index (χ4n) is 3.10. The average Bonchev–Trinajstić information content (AvgIpc) is 2.62. The van der Waals surface area contributed by atoms with Crippen molar-refractivity contribution >= 4 is 11.6 Å². The van der Waals surface area contributed by atoms with Gasteiger partial charge in [-0.25, -0.2) is 0 Å². The van der Waals surface area contributed by atoms with E-state index in [1.807, 2.05) is 84.1 Å². The molecule has 0 fully saturated rings. The molecule has 0 saturated heterocycles. The highest BCUT2D eigenvalue weighted by atomic mass is 35.5. The summed E-state index contributed by atoms with van der Waals surface area (Å²) in [7, 11) is 0. The van der Waals surface area contributed by atoms with Crippen LogP contribution in [0.25, 0.3) is 0 Å². The molecule has 0 aliphatic carbocycles. The molecule has 174 valence electrons. The predicted molar refractivity (Wildman–Crippen MR) is 137 cm³/mol. The van der Waals surface area contributed by atoms with E-state index in [4.69, 9.17) is 26.8 Å². The molecule has 1 atom stereocenters. The Morgan fingerprint density at radius 2 is 1.65 bits per heavy atom. The summed E-state index contributed by atoms with van der Waals surface area (Å²) >= 11 is 5.99. The van der Waals surface area contributed by atoms with Gasteiger partial charge in [-0.3, -0.25) is 0 Å². The quantitative estimate of drug-likeness (QED) is 0.137. The van der Waals surface area contributed by atoms with Crippen molar-refractivity contribution < 1.29 is 9.47 Å². The van der Waals surface area contributed by atoms with Crippen molar-refractivity contribution in [3.05, 3.63) is 83.9 Å². The van der Waals surface area contributed by atoms with E-state index in [-0.39, 0.29) is 11.0 Å². The number of rotatable bonds is 13. The molecule has 0 radical (unpaired) electrons. The molecule has 0 amide bonds. The molecule has 0 aromatic heterocycles. The van der Waals surface area contributed by atoms with Gasteiger partial charge in [0.15, 0.2) is 0 Å². The normalized spacial score (nSPS) is 15.6. The van der Waals surface area contributed by atoms with Gasteiger partial charge in [0.25, 0.3) is 0 Å². The van der Waals surface area contributed by atoms with Gasteiger partial charge in [-0.1, -0.05) is 43.0 Å². The molecule has 31 heavy (non-hydrogen) atoms. The smallest absolute Gasteiger partial charge is 0.112 e. The van der Waals surface area contributed by atoms with Gasteiger partial charge in [0.1, 0.15) is 11.4 Å². The molecule has 0 aromatic rings. The van der Waals surface area contributed by atoms with Gasteiger partial charge >= 0.3 is 0 Å². The first-order valence-electron chi connectivity index (χ1n) is 10.7. The van der Waals surface area contributed by atoms with E-state index >= 15 is 0 Å². The number of allylic oxidation sites excluding steroid dienone is 8. The third-order valence-electron chi connectivity index (χ3n) is 4.27. The van der Waals surface area contributed by atoms with E-state index in [9.17, 15) is 0 Å². The molecule has 0 aromatic carbocycles. The standard InChI is InChI=1S/C27H42ClNO2/c1-11-23(15-13-21(5)28)17-25(29)24(12-2)16-14-22(6)31-27(9,10)19-26(7,8)30-18-20(3)4/h11-17,21H,3,6,18-19,29H2,1-2,4-5,7-10H3/b15-13-,16-14-,23-11+,24-12+,25-17-. The molecule has 3 nitrogen and oxygen atoms in total. The first-order chi connectivity index (χ1) is 14.2. The highest BCUT2D eigenvalue weighted by Crippen LogP contribution is 2.29. The van der Waals surface area contributed by atoms with Crippen molar-refractivity contribution in [3.63, 3.8) is 0 Å². The zero-order valence-electron chi connectivity index (χ0n) is 20.7. The molecule has 0 spiro atoms. The summed E-state index contributed by atoms with van der Waals surface area (Å²) in [4.78, 5) is 0. The van der Waals surface area contributed by atoms with E-state index in [0.29, 0.717) is 24.5 Å². The second kappa shape index (κ2) is 13.4. The third-order valence-corrected chi connectivity index (χ3v) is 4.42. The summed E-state index contributed by atoms with van der Waals surface area (Å²) in [6.45, 7) is 24.4. The van der Waals surface area contributed by atoms with Crippen molar-refractivity contribution in [1.29, 1.82) is 0 Å². The number of halogens is 1. The molecule has 0 rings (SSSR count). The Hall–Kier alpha value is -1.97. The lowest BCUT2D eigenvalue weighted by Gasteiger charge is -2.35. The average molecular weight is 448 g/mol. The van der Waals surface area contributed by atoms with Gasteiger partial charge < -0.3 is 15.2 Å². The minimum Gasteiger partial charge on any atom is -0.488 e. The minimum absolute atomic E-state index is 0.0364. The van der Waals surface area contributed by atoms with Gasteiger partial charge in [-0.2, -0.15) is 0 Å². The topological polar surface area (TPSA) is 44.5 Å². The summed E-state index contributed by atoms with van der Waals surface area (Å²) in [6, 6.07) is 0. The number of ether oxygens (including phenoxy) is 2. The molecule has 0 aliphatic rings. The van der Waals surface area contributed by atoms with Gasteiger partial charge in [0.05, 0.1) is 12.2 Å². The van der Waals surface area contributed by atoms with Crippen LogP contribution in [-0.4, -0.2) is 23.2 Å². The van der Waals surface area contributed by atoms with Crippen molar-refractivity contribution in [2.24, 2.45) is 5.73 Å². The summed E-state index contributed by atoms with van der Waals surface area (Å²) in [5, 5.41) is -0.0364. The van der Waals surface area contributed by atoms with Crippen LogP contribution in [0.4, 0.5) is 0 Å². The molecule has 0 bridgehead atoms. The largest absolute Gasteiger partial charge is 0.488 e. The Morgan fingerprint density at radius 1 is 1.03 bits per heavy atom. The zero-order valence-corrected chi connectivity index (χ0v) is 21.5. The molecule has 0 saturated carbocycles. The lowest BCUT2D eigenvalue weighted by molar-refractivity contribution is -0.0738. The number of nitrogens with two attached hydrogens (primary N) is 1. The number of hydrogen-bond donors (Lipinski definition) is 1. The van der Waals surface area contributed by atoms with Crippen LogP contribution < -0.4 is 5.73 Å². The van der Waals surface area contributed by atoms with E-state index in [0.717, 1.165) is 16.7 Å². The summed E-state index contributed by atoms with van der Waals surface area (Å²) in [5.74, 6) is 0.565. The van der Waals surface area contributed by atoms with Gasteiger partial charge in [0, 0.05) is 17.5 Å². The minimum atomic E-state index is -0.446. The Bertz CT molecular complexity index is 762. The maximum Gasteiger partial charge on any atom is 0.112 e. The Kier molecular flexibility index (Phi) is 12.6. The second-order valence-corrected chi connectivity index (χ2v) is 9.70. The van der Waals surface area contributed by atoms with Gasteiger partial charge in [-0.15, -0.1) is 11.6 Å². The molecular formula is C27H42ClNO2. The first-order valence-corrected chi connectivity index (χ1v) is 11.1. The Balaban J connectivity index is 5.16. The van der Waals surface area contributed by atoms with Crippen LogP contribution in [0.1, 0.15) is 61.8 Å².